The zero-order chi connectivity index (χ0) is 12.5. The van der Waals surface area contributed by atoms with Crippen molar-refractivity contribution in [3.05, 3.63) is 58.5 Å². The first-order chi connectivity index (χ1) is 8.75. The van der Waals surface area contributed by atoms with E-state index in [2.05, 4.69) is 0 Å². The van der Waals surface area contributed by atoms with Crippen molar-refractivity contribution < 1.29 is 5.11 Å². The first-order valence-electron chi connectivity index (χ1n) is 6.27. The van der Waals surface area contributed by atoms with E-state index in [9.17, 15) is 9.90 Å². The summed E-state index contributed by atoms with van der Waals surface area (Å²) in [7, 11) is 0. The molecule has 3 heteroatoms. The van der Waals surface area contributed by atoms with Crippen LogP contribution in [0.4, 0.5) is 0 Å². The molecule has 1 N–H and O–H groups in total. The van der Waals surface area contributed by atoms with E-state index in [0.29, 0.717) is 5.92 Å². The van der Waals surface area contributed by atoms with Gasteiger partial charge in [-0.2, -0.15) is 0 Å². The van der Waals surface area contributed by atoms with Crippen molar-refractivity contribution in [2.24, 2.45) is 0 Å². The molecule has 1 aromatic heterocycles. The predicted molar refractivity (Wildman–Crippen MR) is 70.3 cm³/mol. The fraction of sp³-hybridized carbons (Fsp3) is 0.267. The Morgan fingerprint density at radius 2 is 1.83 bits per heavy atom. The Kier molecular flexibility index (Phi) is 2.67. The number of hydrogen-bond acceptors (Lipinski definition) is 2. The molecule has 0 saturated heterocycles. The van der Waals surface area contributed by atoms with E-state index in [1.54, 1.807) is 10.6 Å². The molecule has 1 aliphatic rings. The van der Waals surface area contributed by atoms with Gasteiger partial charge in [-0.05, 0) is 30.9 Å². The zero-order valence-corrected chi connectivity index (χ0v) is 10.0. The van der Waals surface area contributed by atoms with Crippen LogP contribution in [0.2, 0.25) is 0 Å². The molecule has 0 unspecified atom stereocenters. The third kappa shape index (κ3) is 1.82. The second-order valence-electron chi connectivity index (χ2n) is 4.78. The summed E-state index contributed by atoms with van der Waals surface area (Å²) in [5.41, 5.74) is 1.63. The quantitative estimate of drug-likeness (QED) is 0.878. The minimum atomic E-state index is -0.164. The fourth-order valence-corrected chi connectivity index (χ4v) is 2.43. The van der Waals surface area contributed by atoms with Gasteiger partial charge in [0.2, 0.25) is 0 Å². The number of nitrogens with zero attached hydrogens (tertiary/aromatic N) is 1. The van der Waals surface area contributed by atoms with Gasteiger partial charge in [0.25, 0.3) is 5.56 Å². The molecule has 18 heavy (non-hydrogen) atoms. The van der Waals surface area contributed by atoms with Crippen LogP contribution in [0.3, 0.4) is 0 Å². The summed E-state index contributed by atoms with van der Waals surface area (Å²) in [6.45, 7) is 0. The summed E-state index contributed by atoms with van der Waals surface area (Å²) in [5, 5.41) is 9.62. The summed E-state index contributed by atoms with van der Waals surface area (Å²) in [4.78, 5) is 12.1. The third-order valence-corrected chi connectivity index (χ3v) is 3.58. The van der Waals surface area contributed by atoms with E-state index in [1.165, 1.54) is 12.5 Å². The summed E-state index contributed by atoms with van der Waals surface area (Å²) in [6.07, 6.45) is 3.38. The molecule has 0 bridgehead atoms. The van der Waals surface area contributed by atoms with Gasteiger partial charge in [0.1, 0.15) is 5.75 Å². The lowest BCUT2D eigenvalue weighted by Gasteiger charge is -2.28. The van der Waals surface area contributed by atoms with Crippen LogP contribution in [0, 0.1) is 0 Å². The zero-order valence-electron chi connectivity index (χ0n) is 10.0. The standard InChI is InChI=1S/C15H15NO2/c17-13-9-14(11-5-4-6-11)16(15(18)10-13)12-7-2-1-3-8-12/h1-3,7-11,17H,4-6H2. The van der Waals surface area contributed by atoms with Crippen molar-refractivity contribution in [1.82, 2.24) is 4.57 Å². The lowest BCUT2D eigenvalue weighted by atomic mass is 9.82. The molecule has 0 atom stereocenters. The second kappa shape index (κ2) is 4.33. The molecule has 0 amide bonds. The largest absolute Gasteiger partial charge is 0.508 e. The van der Waals surface area contributed by atoms with Gasteiger partial charge in [-0.3, -0.25) is 9.36 Å². The molecule has 3 nitrogen and oxygen atoms in total. The topological polar surface area (TPSA) is 42.2 Å². The highest BCUT2D eigenvalue weighted by Gasteiger charge is 2.24. The van der Waals surface area contributed by atoms with E-state index < -0.39 is 0 Å². The molecular formula is C15H15NO2. The second-order valence-corrected chi connectivity index (χ2v) is 4.78. The van der Waals surface area contributed by atoms with Gasteiger partial charge in [0.05, 0.1) is 0 Å². The van der Waals surface area contributed by atoms with Crippen LogP contribution in [-0.2, 0) is 0 Å². The molecule has 92 valence electrons. The lowest BCUT2D eigenvalue weighted by Crippen LogP contribution is -2.25. The van der Waals surface area contributed by atoms with Crippen molar-refractivity contribution in [2.45, 2.75) is 25.2 Å². The van der Waals surface area contributed by atoms with Crippen molar-refractivity contribution in [1.29, 1.82) is 0 Å². The van der Waals surface area contributed by atoms with Gasteiger partial charge >= 0.3 is 0 Å². The predicted octanol–water partition coefficient (Wildman–Crippen LogP) is 2.81. The number of pyridine rings is 1. The Balaban J connectivity index is 2.21. The molecule has 2 aromatic rings. The van der Waals surface area contributed by atoms with Crippen molar-refractivity contribution in [3.8, 4) is 11.4 Å². The minimum Gasteiger partial charge on any atom is -0.508 e. The van der Waals surface area contributed by atoms with Crippen LogP contribution in [0.15, 0.2) is 47.3 Å². The van der Waals surface area contributed by atoms with Crippen molar-refractivity contribution >= 4 is 0 Å². The monoisotopic (exact) mass is 241 g/mol. The molecule has 1 aromatic carbocycles. The maximum atomic E-state index is 12.1. The number of para-hydroxylation sites is 1. The first kappa shape index (κ1) is 11.1. The van der Waals surface area contributed by atoms with E-state index in [1.807, 2.05) is 30.3 Å². The Morgan fingerprint density at radius 3 is 2.44 bits per heavy atom. The minimum absolute atomic E-state index is 0.0640. The smallest absolute Gasteiger partial charge is 0.259 e. The van der Waals surface area contributed by atoms with E-state index in [-0.39, 0.29) is 11.3 Å². The van der Waals surface area contributed by atoms with Gasteiger partial charge < -0.3 is 5.11 Å². The Morgan fingerprint density at radius 1 is 1.11 bits per heavy atom. The highest BCUT2D eigenvalue weighted by molar-refractivity contribution is 5.38. The van der Waals surface area contributed by atoms with Crippen LogP contribution < -0.4 is 5.56 Å². The Bertz CT molecular complexity index is 612. The molecule has 1 fully saturated rings. The summed E-state index contributed by atoms with van der Waals surface area (Å²) in [6, 6.07) is 12.6. The van der Waals surface area contributed by atoms with Crippen LogP contribution in [0.25, 0.3) is 5.69 Å². The van der Waals surface area contributed by atoms with Gasteiger partial charge in [-0.1, -0.05) is 24.6 Å². The summed E-state index contributed by atoms with van der Waals surface area (Å²) < 4.78 is 1.71. The van der Waals surface area contributed by atoms with Crippen molar-refractivity contribution in [2.75, 3.05) is 0 Å². The molecule has 0 radical (unpaired) electrons. The van der Waals surface area contributed by atoms with Crippen LogP contribution in [0.1, 0.15) is 30.9 Å². The molecule has 1 heterocycles. The molecule has 0 spiro atoms. The highest BCUT2D eigenvalue weighted by atomic mass is 16.3. The van der Waals surface area contributed by atoms with Gasteiger partial charge in [0, 0.05) is 23.5 Å². The van der Waals surface area contributed by atoms with Crippen LogP contribution in [-0.4, -0.2) is 9.67 Å². The maximum Gasteiger partial charge on any atom is 0.259 e. The Labute approximate surface area is 105 Å². The SMILES string of the molecule is O=c1cc(O)cc(C2CCC2)n1-c1ccccc1. The average Bonchev–Trinajstić information content (AvgIpc) is 2.27. The van der Waals surface area contributed by atoms with E-state index in [0.717, 1.165) is 24.2 Å². The number of benzene rings is 1. The number of hydrogen-bond donors (Lipinski definition) is 1. The van der Waals surface area contributed by atoms with E-state index >= 15 is 0 Å². The summed E-state index contributed by atoms with van der Waals surface area (Å²) >= 11 is 0. The average molecular weight is 241 g/mol. The molecule has 1 saturated carbocycles. The van der Waals surface area contributed by atoms with Gasteiger partial charge in [-0.15, -0.1) is 0 Å². The van der Waals surface area contributed by atoms with Gasteiger partial charge in [-0.25, -0.2) is 0 Å². The number of aromatic nitrogens is 1. The lowest BCUT2D eigenvalue weighted by molar-refractivity contribution is 0.398. The normalized spacial score (nSPS) is 15.3. The van der Waals surface area contributed by atoms with E-state index in [4.69, 9.17) is 0 Å². The molecule has 3 rings (SSSR count). The molecule has 1 aliphatic carbocycles. The molecular weight excluding hydrogens is 226 g/mol. The van der Waals surface area contributed by atoms with Crippen molar-refractivity contribution in [3.63, 3.8) is 0 Å². The fourth-order valence-electron chi connectivity index (χ4n) is 2.43. The van der Waals surface area contributed by atoms with Crippen LogP contribution in [0.5, 0.6) is 5.75 Å². The Hall–Kier alpha value is -2.03. The number of rotatable bonds is 2. The van der Waals surface area contributed by atoms with Crippen LogP contribution >= 0.6 is 0 Å². The molecule has 0 aliphatic heterocycles. The first-order valence-corrected chi connectivity index (χ1v) is 6.27. The third-order valence-electron chi connectivity index (χ3n) is 3.58. The maximum absolute atomic E-state index is 12.1. The number of aromatic hydroxyl groups is 1. The summed E-state index contributed by atoms with van der Waals surface area (Å²) in [5.74, 6) is 0.457. The highest BCUT2D eigenvalue weighted by Crippen LogP contribution is 2.37. The van der Waals surface area contributed by atoms with Gasteiger partial charge in [0.15, 0.2) is 0 Å².